The van der Waals surface area contributed by atoms with Gasteiger partial charge in [0.1, 0.15) is 5.69 Å². The number of pyridine rings is 1. The zero-order valence-electron chi connectivity index (χ0n) is 14.1. The average molecular weight is 332 g/mol. The number of aryl methyl sites for hydroxylation is 3. The molecule has 4 rings (SSSR count). The summed E-state index contributed by atoms with van der Waals surface area (Å²) < 4.78 is 7.14. The Hall–Kier alpha value is -3.28. The summed E-state index contributed by atoms with van der Waals surface area (Å²) in [6.07, 6.45) is 1.69. The van der Waals surface area contributed by atoms with Crippen LogP contribution < -0.4 is 5.63 Å². The van der Waals surface area contributed by atoms with Gasteiger partial charge in [0.15, 0.2) is 5.82 Å². The normalized spacial score (nSPS) is 11.2. The van der Waals surface area contributed by atoms with Crippen molar-refractivity contribution in [2.75, 3.05) is 0 Å². The monoisotopic (exact) mass is 332 g/mol. The molecule has 0 spiro atoms. The van der Waals surface area contributed by atoms with Crippen molar-refractivity contribution in [2.45, 2.75) is 20.8 Å². The Bertz CT molecular complexity index is 1140. The first-order valence-electron chi connectivity index (χ1n) is 7.93. The lowest BCUT2D eigenvalue weighted by Crippen LogP contribution is -2.07. The lowest BCUT2D eigenvalue weighted by molar-refractivity contribution is 0.513. The zero-order chi connectivity index (χ0) is 17.6. The predicted octanol–water partition coefficient (Wildman–Crippen LogP) is 3.36. The maximum Gasteiger partial charge on any atom is 0.347 e. The molecule has 0 fully saturated rings. The highest BCUT2D eigenvalue weighted by Crippen LogP contribution is 2.24. The van der Waals surface area contributed by atoms with Gasteiger partial charge in [-0.3, -0.25) is 0 Å². The van der Waals surface area contributed by atoms with Crippen molar-refractivity contribution >= 4 is 10.9 Å². The van der Waals surface area contributed by atoms with Crippen molar-refractivity contribution in [3.63, 3.8) is 0 Å². The fourth-order valence-electron chi connectivity index (χ4n) is 2.95. The Kier molecular flexibility index (Phi) is 3.46. The quantitative estimate of drug-likeness (QED) is 0.563. The molecule has 3 heterocycles. The minimum absolute atomic E-state index is 0.232. The summed E-state index contributed by atoms with van der Waals surface area (Å²) in [5.41, 5.74) is 3.55. The molecule has 3 aromatic heterocycles. The molecule has 0 amide bonds. The van der Waals surface area contributed by atoms with E-state index in [0.717, 1.165) is 16.8 Å². The Morgan fingerprint density at radius 3 is 2.68 bits per heavy atom. The lowest BCUT2D eigenvalue weighted by Gasteiger charge is -2.07. The van der Waals surface area contributed by atoms with Crippen LogP contribution in [-0.2, 0) is 0 Å². The van der Waals surface area contributed by atoms with E-state index in [-0.39, 0.29) is 5.89 Å². The highest BCUT2D eigenvalue weighted by atomic mass is 16.4. The van der Waals surface area contributed by atoms with Gasteiger partial charge < -0.3 is 4.42 Å². The van der Waals surface area contributed by atoms with Crippen LogP contribution in [0.4, 0.5) is 0 Å². The van der Waals surface area contributed by atoms with E-state index in [1.807, 2.05) is 51.1 Å². The van der Waals surface area contributed by atoms with Gasteiger partial charge in [0.2, 0.25) is 5.89 Å². The minimum atomic E-state index is -0.404. The topological polar surface area (TPSA) is 73.8 Å². The van der Waals surface area contributed by atoms with Gasteiger partial charge in [-0.05, 0) is 56.2 Å². The molecule has 0 aliphatic heterocycles. The average Bonchev–Trinajstić information content (AvgIpc) is 2.98. The van der Waals surface area contributed by atoms with E-state index >= 15 is 0 Å². The van der Waals surface area contributed by atoms with Crippen LogP contribution in [0, 0.1) is 20.8 Å². The molecular formula is C19H16N4O2. The summed E-state index contributed by atoms with van der Waals surface area (Å²) in [6, 6.07) is 11.2. The molecule has 25 heavy (non-hydrogen) atoms. The second-order valence-corrected chi connectivity index (χ2v) is 6.06. The van der Waals surface area contributed by atoms with Gasteiger partial charge in [-0.15, -0.1) is 0 Å². The first kappa shape index (κ1) is 15.3. The third-order valence-corrected chi connectivity index (χ3v) is 3.98. The third kappa shape index (κ3) is 2.61. The van der Waals surface area contributed by atoms with Crippen LogP contribution in [0.3, 0.4) is 0 Å². The maximum absolute atomic E-state index is 12.5. The number of fused-ring (bicyclic) bond motifs is 1. The molecule has 0 N–H and O–H groups in total. The van der Waals surface area contributed by atoms with Crippen LogP contribution in [0.2, 0.25) is 0 Å². The summed E-state index contributed by atoms with van der Waals surface area (Å²) in [6.45, 7) is 5.75. The fraction of sp³-hybridized carbons (Fsp3) is 0.158. The summed E-state index contributed by atoms with van der Waals surface area (Å²) in [4.78, 5) is 21.4. The Morgan fingerprint density at radius 2 is 1.92 bits per heavy atom. The van der Waals surface area contributed by atoms with Gasteiger partial charge in [-0.1, -0.05) is 12.1 Å². The third-order valence-electron chi connectivity index (χ3n) is 3.98. The number of hydrogen-bond acceptors (Lipinski definition) is 5. The second-order valence-electron chi connectivity index (χ2n) is 6.06. The second kappa shape index (κ2) is 5.66. The van der Waals surface area contributed by atoms with E-state index in [2.05, 4.69) is 15.1 Å². The van der Waals surface area contributed by atoms with E-state index < -0.39 is 5.63 Å². The van der Waals surface area contributed by atoms with Gasteiger partial charge >= 0.3 is 5.63 Å². The van der Waals surface area contributed by atoms with Gasteiger partial charge in [-0.2, -0.15) is 5.10 Å². The molecule has 0 saturated heterocycles. The fourth-order valence-corrected chi connectivity index (χ4v) is 2.95. The Morgan fingerprint density at radius 1 is 1.08 bits per heavy atom. The van der Waals surface area contributed by atoms with Gasteiger partial charge in [0, 0.05) is 6.20 Å². The minimum Gasteiger partial charge on any atom is -0.401 e. The molecular weight excluding hydrogens is 316 g/mol. The van der Waals surface area contributed by atoms with Gasteiger partial charge in [0.25, 0.3) is 0 Å². The molecule has 0 aliphatic rings. The van der Waals surface area contributed by atoms with Crippen LogP contribution in [0.25, 0.3) is 28.3 Å². The lowest BCUT2D eigenvalue weighted by atomic mass is 10.1. The van der Waals surface area contributed by atoms with Crippen LogP contribution >= 0.6 is 0 Å². The molecule has 0 unspecified atom stereocenters. The van der Waals surface area contributed by atoms with Crippen molar-refractivity contribution in [3.05, 3.63) is 69.8 Å². The van der Waals surface area contributed by atoms with E-state index in [9.17, 15) is 4.79 Å². The standard InChI is InChI=1S/C19H16N4O2/c1-11-8-12(2)17-14(9-11)19(24)25-18(21-17)15-10-13(3)22-23(15)16-6-4-5-7-20-16/h4-10H,1-3H3. The first-order chi connectivity index (χ1) is 12.0. The SMILES string of the molecule is Cc1cc(C)c2nc(-c3cc(C)nn3-c3ccccn3)oc(=O)c2c1. The van der Waals surface area contributed by atoms with Crippen LogP contribution in [0.5, 0.6) is 0 Å². The van der Waals surface area contributed by atoms with Gasteiger partial charge in [-0.25, -0.2) is 19.4 Å². The summed E-state index contributed by atoms with van der Waals surface area (Å²) in [5, 5.41) is 4.94. The molecule has 6 nitrogen and oxygen atoms in total. The van der Waals surface area contributed by atoms with Crippen molar-refractivity contribution in [2.24, 2.45) is 0 Å². The summed E-state index contributed by atoms with van der Waals surface area (Å²) >= 11 is 0. The van der Waals surface area contributed by atoms with E-state index in [1.165, 1.54) is 0 Å². The van der Waals surface area contributed by atoms with Crippen molar-refractivity contribution in [1.82, 2.24) is 19.7 Å². The number of rotatable bonds is 2. The van der Waals surface area contributed by atoms with Crippen LogP contribution in [0.15, 0.2) is 51.8 Å². The molecule has 0 atom stereocenters. The molecule has 124 valence electrons. The highest BCUT2D eigenvalue weighted by molar-refractivity contribution is 5.82. The number of benzene rings is 1. The van der Waals surface area contributed by atoms with Crippen LogP contribution in [-0.4, -0.2) is 19.7 Å². The van der Waals surface area contributed by atoms with Crippen molar-refractivity contribution in [1.29, 1.82) is 0 Å². The molecule has 4 aromatic rings. The predicted molar refractivity (Wildman–Crippen MR) is 94.8 cm³/mol. The molecule has 1 aromatic carbocycles. The van der Waals surface area contributed by atoms with E-state index in [1.54, 1.807) is 16.9 Å². The Balaban J connectivity index is 1.99. The summed E-state index contributed by atoms with van der Waals surface area (Å²) in [5.74, 6) is 0.867. The van der Waals surface area contributed by atoms with Gasteiger partial charge in [0.05, 0.1) is 16.6 Å². The molecule has 0 radical (unpaired) electrons. The largest absolute Gasteiger partial charge is 0.401 e. The van der Waals surface area contributed by atoms with E-state index in [0.29, 0.717) is 22.4 Å². The molecule has 0 aliphatic carbocycles. The van der Waals surface area contributed by atoms with Crippen molar-refractivity contribution in [3.8, 4) is 17.4 Å². The number of aromatic nitrogens is 4. The zero-order valence-corrected chi connectivity index (χ0v) is 14.1. The molecule has 0 bridgehead atoms. The Labute approximate surface area is 143 Å². The smallest absolute Gasteiger partial charge is 0.347 e. The maximum atomic E-state index is 12.5. The number of nitrogens with zero attached hydrogens (tertiary/aromatic N) is 4. The molecule has 0 saturated carbocycles. The summed E-state index contributed by atoms with van der Waals surface area (Å²) in [7, 11) is 0. The first-order valence-corrected chi connectivity index (χ1v) is 7.93. The number of hydrogen-bond donors (Lipinski definition) is 0. The van der Waals surface area contributed by atoms with E-state index in [4.69, 9.17) is 4.42 Å². The van der Waals surface area contributed by atoms with Crippen molar-refractivity contribution < 1.29 is 4.42 Å². The highest BCUT2D eigenvalue weighted by Gasteiger charge is 2.17. The van der Waals surface area contributed by atoms with Crippen LogP contribution in [0.1, 0.15) is 16.8 Å². The molecule has 6 heteroatoms.